The molecule has 2 fully saturated rings. The Morgan fingerprint density at radius 2 is 2.00 bits per heavy atom. The highest BCUT2D eigenvalue weighted by atomic mass is 16.5. The van der Waals surface area contributed by atoms with Gasteiger partial charge in [-0.1, -0.05) is 24.6 Å². The summed E-state index contributed by atoms with van der Waals surface area (Å²) in [5, 5.41) is 3.65. The van der Waals surface area contributed by atoms with E-state index in [9.17, 15) is 0 Å². The van der Waals surface area contributed by atoms with E-state index in [1.54, 1.807) is 0 Å². The van der Waals surface area contributed by atoms with Crippen molar-refractivity contribution in [3.63, 3.8) is 0 Å². The lowest BCUT2D eigenvalue weighted by atomic mass is 9.93. The number of benzene rings is 1. The smallest absolute Gasteiger partial charge is 0.193 e. The molecule has 1 N–H and O–H groups in total. The van der Waals surface area contributed by atoms with Gasteiger partial charge in [0.2, 0.25) is 0 Å². The third-order valence-corrected chi connectivity index (χ3v) is 6.17. The van der Waals surface area contributed by atoms with Gasteiger partial charge in [-0.05, 0) is 50.4 Å². The Labute approximate surface area is 157 Å². The molecule has 1 aromatic rings. The second-order valence-corrected chi connectivity index (χ2v) is 7.79. The lowest BCUT2D eigenvalue weighted by molar-refractivity contribution is 0.168. The van der Waals surface area contributed by atoms with Gasteiger partial charge in [0.05, 0.1) is 6.61 Å². The summed E-state index contributed by atoms with van der Waals surface area (Å²) in [4.78, 5) is 9.72. The number of rotatable bonds is 3. The lowest BCUT2D eigenvalue weighted by Crippen LogP contribution is -2.45. The number of fused-ring (bicyclic) bond motifs is 1. The minimum atomic E-state index is 0.497. The summed E-state index contributed by atoms with van der Waals surface area (Å²) in [6.07, 6.45) is 6.47. The molecule has 3 heterocycles. The summed E-state index contributed by atoms with van der Waals surface area (Å²) >= 11 is 0. The first-order valence-electron chi connectivity index (χ1n) is 10.3. The Morgan fingerprint density at radius 1 is 1.15 bits per heavy atom. The summed E-state index contributed by atoms with van der Waals surface area (Å²) < 4.78 is 5.79. The maximum atomic E-state index is 5.79. The highest BCUT2D eigenvalue weighted by Gasteiger charge is 2.30. The van der Waals surface area contributed by atoms with Crippen LogP contribution in [0.25, 0.3) is 0 Å². The monoisotopic (exact) mass is 356 g/mol. The Bertz CT molecular complexity index is 626. The molecule has 26 heavy (non-hydrogen) atoms. The van der Waals surface area contributed by atoms with Crippen LogP contribution >= 0.6 is 0 Å². The van der Waals surface area contributed by atoms with Gasteiger partial charge in [0.1, 0.15) is 5.75 Å². The first kappa shape index (κ1) is 17.7. The molecule has 0 spiro atoms. The van der Waals surface area contributed by atoms with E-state index in [0.717, 1.165) is 44.4 Å². The number of aliphatic imine (C=N–C) groups is 1. The van der Waals surface area contributed by atoms with Gasteiger partial charge in [-0.3, -0.25) is 9.89 Å². The van der Waals surface area contributed by atoms with Crippen molar-refractivity contribution in [2.45, 2.75) is 44.1 Å². The number of guanidine groups is 1. The number of likely N-dealkylation sites (tertiary alicyclic amines) is 2. The molecule has 2 saturated heterocycles. The van der Waals surface area contributed by atoms with Crippen molar-refractivity contribution in [3.8, 4) is 5.75 Å². The minimum Gasteiger partial charge on any atom is -0.493 e. The predicted octanol–water partition coefficient (Wildman–Crippen LogP) is 2.69. The van der Waals surface area contributed by atoms with Crippen molar-refractivity contribution in [1.82, 2.24) is 15.1 Å². The minimum absolute atomic E-state index is 0.497. The molecule has 5 nitrogen and oxygen atoms in total. The third kappa shape index (κ3) is 3.83. The topological polar surface area (TPSA) is 40.1 Å². The average Bonchev–Trinajstić information content (AvgIpc) is 3.19. The summed E-state index contributed by atoms with van der Waals surface area (Å²) in [5.74, 6) is 2.61. The zero-order chi connectivity index (χ0) is 17.8. The fourth-order valence-corrected chi connectivity index (χ4v) is 4.69. The number of nitrogens with one attached hydrogen (secondary N) is 1. The molecule has 3 aliphatic heterocycles. The molecule has 4 rings (SSSR count). The molecule has 0 aliphatic carbocycles. The maximum Gasteiger partial charge on any atom is 0.193 e. The quantitative estimate of drug-likeness (QED) is 0.668. The second kappa shape index (κ2) is 8.30. The molecule has 2 unspecified atom stereocenters. The molecule has 2 atom stereocenters. The molecule has 1 aromatic carbocycles. The number of hydrogen-bond donors (Lipinski definition) is 1. The van der Waals surface area contributed by atoms with Crippen LogP contribution in [0.15, 0.2) is 29.3 Å². The van der Waals surface area contributed by atoms with Crippen LogP contribution in [-0.4, -0.2) is 68.2 Å². The first-order valence-corrected chi connectivity index (χ1v) is 10.3. The van der Waals surface area contributed by atoms with E-state index in [1.165, 1.54) is 44.3 Å². The number of piperidine rings is 1. The molecular formula is C21H32N4O. The number of ether oxygens (including phenoxy) is 1. The van der Waals surface area contributed by atoms with Gasteiger partial charge in [-0.25, -0.2) is 0 Å². The number of hydrogen-bond acceptors (Lipinski definition) is 3. The summed E-state index contributed by atoms with van der Waals surface area (Å²) in [7, 11) is 1.91. The van der Waals surface area contributed by atoms with Gasteiger partial charge in [-0.15, -0.1) is 0 Å². The number of para-hydroxylation sites is 1. The van der Waals surface area contributed by atoms with Crippen LogP contribution in [0.3, 0.4) is 0 Å². The highest BCUT2D eigenvalue weighted by Crippen LogP contribution is 2.32. The zero-order valence-electron chi connectivity index (χ0n) is 16.0. The second-order valence-electron chi connectivity index (χ2n) is 7.79. The van der Waals surface area contributed by atoms with Crippen molar-refractivity contribution < 1.29 is 4.74 Å². The maximum absolute atomic E-state index is 5.79. The Balaban J connectivity index is 1.33. The van der Waals surface area contributed by atoms with E-state index >= 15 is 0 Å². The SMILES string of the molecule is CN=C(NCC1CCOc2ccccc21)N1CCC(N2CCCCC2)C1. The number of nitrogens with zero attached hydrogens (tertiary/aromatic N) is 3. The van der Waals surface area contributed by atoms with Crippen molar-refractivity contribution >= 4 is 5.96 Å². The van der Waals surface area contributed by atoms with E-state index in [0.29, 0.717) is 12.0 Å². The van der Waals surface area contributed by atoms with Crippen molar-refractivity contribution in [2.75, 3.05) is 46.4 Å². The summed E-state index contributed by atoms with van der Waals surface area (Å²) in [6, 6.07) is 9.15. The molecule has 3 aliphatic rings. The van der Waals surface area contributed by atoms with Gasteiger partial charge in [0, 0.05) is 38.6 Å². The molecular weight excluding hydrogens is 324 g/mol. The van der Waals surface area contributed by atoms with E-state index < -0.39 is 0 Å². The Hall–Kier alpha value is -1.75. The van der Waals surface area contributed by atoms with Crippen LogP contribution in [0.5, 0.6) is 5.75 Å². The normalized spacial score (nSPS) is 27.1. The van der Waals surface area contributed by atoms with E-state index in [4.69, 9.17) is 4.74 Å². The zero-order valence-corrected chi connectivity index (χ0v) is 16.0. The van der Waals surface area contributed by atoms with Gasteiger partial charge in [-0.2, -0.15) is 0 Å². The molecule has 0 aromatic heterocycles. The molecule has 0 amide bonds. The average molecular weight is 357 g/mol. The molecule has 5 heteroatoms. The van der Waals surface area contributed by atoms with Crippen LogP contribution in [0.2, 0.25) is 0 Å². The first-order chi connectivity index (χ1) is 12.8. The van der Waals surface area contributed by atoms with Gasteiger partial charge >= 0.3 is 0 Å². The molecule has 142 valence electrons. The molecule has 0 radical (unpaired) electrons. The standard InChI is InChI=1S/C21H32N4O/c1-22-21(25-13-9-18(16-25)24-11-5-2-6-12-24)23-15-17-10-14-26-20-8-4-3-7-19(17)20/h3-4,7-8,17-18H,2,5-6,9-16H2,1H3,(H,22,23). The van der Waals surface area contributed by atoms with Crippen molar-refractivity contribution in [1.29, 1.82) is 0 Å². The predicted molar refractivity (Wildman–Crippen MR) is 106 cm³/mol. The molecule has 0 saturated carbocycles. The van der Waals surface area contributed by atoms with Crippen LogP contribution in [0, 0.1) is 0 Å². The van der Waals surface area contributed by atoms with Gasteiger partial charge < -0.3 is 15.0 Å². The van der Waals surface area contributed by atoms with Gasteiger partial charge in [0.25, 0.3) is 0 Å². The Kier molecular flexibility index (Phi) is 5.63. The largest absolute Gasteiger partial charge is 0.493 e. The highest BCUT2D eigenvalue weighted by molar-refractivity contribution is 5.80. The summed E-state index contributed by atoms with van der Waals surface area (Å²) in [5.41, 5.74) is 1.33. The van der Waals surface area contributed by atoms with E-state index in [2.05, 4.69) is 44.4 Å². The van der Waals surface area contributed by atoms with E-state index in [1.807, 2.05) is 7.05 Å². The fourth-order valence-electron chi connectivity index (χ4n) is 4.69. The third-order valence-electron chi connectivity index (χ3n) is 6.17. The lowest BCUT2D eigenvalue weighted by Gasteiger charge is -2.32. The Morgan fingerprint density at radius 3 is 2.85 bits per heavy atom. The van der Waals surface area contributed by atoms with Crippen LogP contribution in [0.4, 0.5) is 0 Å². The molecule has 0 bridgehead atoms. The van der Waals surface area contributed by atoms with Crippen LogP contribution < -0.4 is 10.1 Å². The van der Waals surface area contributed by atoms with Crippen molar-refractivity contribution in [2.24, 2.45) is 4.99 Å². The van der Waals surface area contributed by atoms with Crippen molar-refractivity contribution in [3.05, 3.63) is 29.8 Å². The van der Waals surface area contributed by atoms with Crippen LogP contribution in [0.1, 0.15) is 43.6 Å². The summed E-state index contributed by atoms with van der Waals surface area (Å²) in [6.45, 7) is 6.53. The van der Waals surface area contributed by atoms with E-state index in [-0.39, 0.29) is 0 Å². The fraction of sp³-hybridized carbons (Fsp3) is 0.667. The van der Waals surface area contributed by atoms with Gasteiger partial charge in [0.15, 0.2) is 5.96 Å². The van der Waals surface area contributed by atoms with Crippen LogP contribution in [-0.2, 0) is 0 Å².